The third-order valence-electron chi connectivity index (χ3n) is 0. The van der Waals surface area contributed by atoms with Crippen molar-refractivity contribution < 1.29 is 40.7 Å². The van der Waals surface area contributed by atoms with Crippen molar-refractivity contribution in [2.45, 2.75) is 0 Å². The van der Waals surface area contributed by atoms with Crippen LogP contribution < -0.4 is 0 Å². The van der Waals surface area contributed by atoms with Gasteiger partial charge in [-0.15, -0.1) is 0 Å². The van der Waals surface area contributed by atoms with Crippen LogP contribution in [0.5, 0.6) is 0 Å². The van der Waals surface area contributed by atoms with Crippen molar-refractivity contribution in [3.05, 3.63) is 0 Å². The van der Waals surface area contributed by atoms with Crippen molar-refractivity contribution >= 4 is 63.3 Å². The predicted molar refractivity (Wildman–Crippen MR) is 56.4 cm³/mol. The van der Waals surface area contributed by atoms with E-state index in [1.165, 1.54) is 0 Å². The molecular weight excluding hydrogens is 247 g/mol. The van der Waals surface area contributed by atoms with Crippen LogP contribution in [0.2, 0.25) is 0 Å². The van der Waals surface area contributed by atoms with E-state index in [0.29, 0.717) is 0 Å². The maximum absolute atomic E-state index is 9.11. The van der Waals surface area contributed by atoms with E-state index in [1.54, 1.807) is 0 Å². The summed E-state index contributed by atoms with van der Waals surface area (Å²) in [6.07, 6.45) is 0. The molecule has 0 bridgehead atoms. The molecule has 0 amide bonds. The summed E-state index contributed by atoms with van der Waals surface area (Å²) < 4.78 is 24.0. The molecule has 0 aromatic carbocycles. The Labute approximate surface area is 103 Å². The van der Waals surface area contributed by atoms with Gasteiger partial charge in [0.1, 0.15) is 0 Å². The second-order valence-corrected chi connectivity index (χ2v) is 2.65. The van der Waals surface area contributed by atoms with E-state index in [9.17, 15) is 0 Å². The standard InChI is InChI=1S/Na.H2O3S2.5H2O.H2S.H/c;1-5(2,3)4;;;;;;;/h;(H2,1,2,3,4);6*1H2;. The molecule has 0 heterocycles. The van der Waals surface area contributed by atoms with E-state index in [0.717, 1.165) is 0 Å². The zero-order chi connectivity index (χ0) is 4.50. The SMILES string of the molecule is O.O.O.O.O.O=S(O)(O)=S.S.[NaH]. The van der Waals surface area contributed by atoms with E-state index >= 15 is 0 Å². The minimum atomic E-state index is -3.83. The molecule has 12 heteroatoms. The summed E-state index contributed by atoms with van der Waals surface area (Å²) in [5, 5.41) is 0. The molecule has 12 N–H and O–H groups in total. The van der Waals surface area contributed by atoms with Crippen molar-refractivity contribution in [3.8, 4) is 0 Å². The molecule has 0 spiro atoms. The molecule has 0 atom stereocenters. The summed E-state index contributed by atoms with van der Waals surface area (Å²) in [7, 11) is -3.83. The summed E-state index contributed by atoms with van der Waals surface area (Å²) >= 11 is 3.47. The molecule has 0 unspecified atom stereocenters. The van der Waals surface area contributed by atoms with Gasteiger partial charge < -0.3 is 27.4 Å². The van der Waals surface area contributed by atoms with Crippen LogP contribution in [0.15, 0.2) is 0 Å². The van der Waals surface area contributed by atoms with Crippen LogP contribution in [0, 0.1) is 0 Å². The Bertz CT molecular complexity index is 97.5. The summed E-state index contributed by atoms with van der Waals surface area (Å²) in [6, 6.07) is 0. The first-order valence-electron chi connectivity index (χ1n) is 0.698. The topological polar surface area (TPSA) is 215 Å². The fourth-order valence-electron chi connectivity index (χ4n) is 0. The Morgan fingerprint density at radius 3 is 0.917 bits per heavy atom. The van der Waals surface area contributed by atoms with E-state index in [4.69, 9.17) is 13.3 Å². The van der Waals surface area contributed by atoms with Crippen molar-refractivity contribution in [1.82, 2.24) is 0 Å². The van der Waals surface area contributed by atoms with E-state index in [1.807, 2.05) is 0 Å². The molecule has 0 fully saturated rings. The van der Waals surface area contributed by atoms with Crippen molar-refractivity contribution in [3.63, 3.8) is 0 Å². The first-order chi connectivity index (χ1) is 2.00. The average Bonchev–Trinajstić information content (AvgIpc) is 0.722. The summed E-state index contributed by atoms with van der Waals surface area (Å²) in [5.41, 5.74) is 0. The molecule has 0 saturated carbocycles. The van der Waals surface area contributed by atoms with Crippen LogP contribution >= 0.6 is 13.5 Å². The van der Waals surface area contributed by atoms with Gasteiger partial charge in [-0.3, -0.25) is 9.11 Å². The molecule has 0 aromatic rings. The molecule has 0 aliphatic carbocycles. The number of hydrogen-bond donors (Lipinski definition) is 2. The number of rotatable bonds is 0. The molecular formula is H15NaO8S3. The molecule has 0 radical (unpaired) electrons. The second kappa shape index (κ2) is 29.4. The summed E-state index contributed by atoms with van der Waals surface area (Å²) in [6.45, 7) is 0. The third-order valence-corrected chi connectivity index (χ3v) is 0. The van der Waals surface area contributed by atoms with Gasteiger partial charge in [-0.05, 0) is 0 Å². The first-order valence-corrected chi connectivity index (χ1v) is 3.10. The molecule has 0 aliphatic heterocycles. The Balaban J connectivity index is -0.00000000381. The normalized spacial score (nSPS) is 4.83. The Morgan fingerprint density at radius 2 is 0.917 bits per heavy atom. The van der Waals surface area contributed by atoms with E-state index < -0.39 is 9.05 Å². The van der Waals surface area contributed by atoms with Gasteiger partial charge >= 0.3 is 29.6 Å². The van der Waals surface area contributed by atoms with Crippen LogP contribution in [0.1, 0.15) is 0 Å². The maximum atomic E-state index is 9.11. The van der Waals surface area contributed by atoms with Crippen LogP contribution in [-0.2, 0) is 20.2 Å². The van der Waals surface area contributed by atoms with Crippen LogP contribution in [-0.4, -0.2) is 70.3 Å². The van der Waals surface area contributed by atoms with Gasteiger partial charge in [0.25, 0.3) is 9.05 Å². The summed E-state index contributed by atoms with van der Waals surface area (Å²) in [4.78, 5) is 0. The Morgan fingerprint density at radius 1 is 0.917 bits per heavy atom. The van der Waals surface area contributed by atoms with Gasteiger partial charge in [0.05, 0.1) is 0 Å². The van der Waals surface area contributed by atoms with E-state index in [-0.39, 0.29) is 70.4 Å². The first kappa shape index (κ1) is 70.3. The zero-order valence-corrected chi connectivity index (χ0v) is 7.75. The van der Waals surface area contributed by atoms with Gasteiger partial charge in [-0.25, -0.2) is 0 Å². The van der Waals surface area contributed by atoms with Crippen LogP contribution in [0.25, 0.3) is 0 Å². The fourth-order valence-corrected chi connectivity index (χ4v) is 0. The van der Waals surface area contributed by atoms with Crippen LogP contribution in [0.3, 0.4) is 0 Å². The molecule has 0 saturated heterocycles. The third kappa shape index (κ3) is 601. The molecule has 0 aromatic heterocycles. The quantitative estimate of drug-likeness (QED) is 0.409. The molecule has 12 heavy (non-hydrogen) atoms. The molecule has 82 valence electrons. The molecule has 8 nitrogen and oxygen atoms in total. The van der Waals surface area contributed by atoms with Crippen LogP contribution in [0.4, 0.5) is 0 Å². The second-order valence-electron chi connectivity index (χ2n) is 0.448. The zero-order valence-electron chi connectivity index (χ0n) is 5.12. The molecule has 0 rings (SSSR count). The van der Waals surface area contributed by atoms with Gasteiger partial charge in [0.15, 0.2) is 0 Å². The van der Waals surface area contributed by atoms with Gasteiger partial charge in [-0.1, -0.05) is 0 Å². The van der Waals surface area contributed by atoms with E-state index in [2.05, 4.69) is 11.2 Å². The van der Waals surface area contributed by atoms with Crippen molar-refractivity contribution in [2.75, 3.05) is 0 Å². The van der Waals surface area contributed by atoms with Gasteiger partial charge in [0, 0.05) is 11.2 Å². The van der Waals surface area contributed by atoms with Gasteiger partial charge in [-0.2, -0.15) is 17.7 Å². The average molecular weight is 262 g/mol. The van der Waals surface area contributed by atoms with Crippen molar-refractivity contribution in [2.24, 2.45) is 0 Å². The summed E-state index contributed by atoms with van der Waals surface area (Å²) in [5.74, 6) is 0. The molecule has 0 aliphatic rings. The Kier molecular flexibility index (Phi) is 172. The number of hydrogen-bond acceptors (Lipinski definition) is 2. The Hall–Kier alpha value is 1.44. The monoisotopic (exact) mass is 262 g/mol. The van der Waals surface area contributed by atoms with Gasteiger partial charge in [0.2, 0.25) is 0 Å². The fraction of sp³-hybridized carbons (Fsp3) is 0. The predicted octanol–water partition coefficient (Wildman–Crippen LogP) is -4.98. The van der Waals surface area contributed by atoms with Crippen molar-refractivity contribution in [1.29, 1.82) is 0 Å². The minimum absolute atomic E-state index is 0.